The fourth-order valence-corrected chi connectivity index (χ4v) is 2.20. The van der Waals surface area contributed by atoms with E-state index in [0.29, 0.717) is 11.3 Å². The summed E-state index contributed by atoms with van der Waals surface area (Å²) in [7, 11) is 1.52. The minimum absolute atomic E-state index is 0.00717. The quantitative estimate of drug-likeness (QED) is 0.707. The van der Waals surface area contributed by atoms with Crippen molar-refractivity contribution in [2.45, 2.75) is 6.18 Å². The zero-order valence-corrected chi connectivity index (χ0v) is 11.6. The van der Waals surface area contributed by atoms with Gasteiger partial charge < -0.3 is 4.74 Å². The molecule has 112 valence electrons. The van der Waals surface area contributed by atoms with Crippen molar-refractivity contribution in [3.8, 4) is 17.0 Å². The predicted molar refractivity (Wildman–Crippen MR) is 76.5 cm³/mol. The Morgan fingerprint density at radius 1 is 1.05 bits per heavy atom. The second-order valence-electron chi connectivity index (χ2n) is 4.66. The molecule has 3 nitrogen and oxygen atoms in total. The van der Waals surface area contributed by atoms with Crippen molar-refractivity contribution in [3.05, 3.63) is 54.2 Å². The van der Waals surface area contributed by atoms with Crippen molar-refractivity contribution in [1.82, 2.24) is 9.97 Å². The van der Waals surface area contributed by atoms with Crippen molar-refractivity contribution in [1.29, 1.82) is 0 Å². The van der Waals surface area contributed by atoms with Gasteiger partial charge in [0.15, 0.2) is 5.65 Å². The molecule has 2 heterocycles. The van der Waals surface area contributed by atoms with Crippen molar-refractivity contribution >= 4 is 11.0 Å². The lowest BCUT2D eigenvalue weighted by Gasteiger charge is -2.12. The maximum Gasteiger partial charge on any atom is 0.417 e. The van der Waals surface area contributed by atoms with Crippen LogP contribution in [0, 0.1) is 0 Å². The first-order chi connectivity index (χ1) is 10.5. The minimum Gasteiger partial charge on any atom is -0.497 e. The molecule has 2 aromatic heterocycles. The van der Waals surface area contributed by atoms with E-state index < -0.39 is 11.7 Å². The van der Waals surface area contributed by atoms with Crippen molar-refractivity contribution in [2.75, 3.05) is 7.11 Å². The Bertz CT molecular complexity index is 814. The average Bonchev–Trinajstić information content (AvgIpc) is 2.53. The molecule has 0 amide bonds. The lowest BCUT2D eigenvalue weighted by molar-refractivity contribution is -0.136. The Hall–Kier alpha value is -2.63. The van der Waals surface area contributed by atoms with Gasteiger partial charge in [-0.25, -0.2) is 9.97 Å². The summed E-state index contributed by atoms with van der Waals surface area (Å²) in [6, 6.07) is 10.6. The average molecular weight is 304 g/mol. The fraction of sp³-hybridized carbons (Fsp3) is 0.125. The number of ether oxygens (including phenoxy) is 1. The van der Waals surface area contributed by atoms with E-state index in [-0.39, 0.29) is 16.7 Å². The molecular formula is C16H11F3N2O. The summed E-state index contributed by atoms with van der Waals surface area (Å²) in [5.41, 5.74) is 0.125. The first-order valence-electron chi connectivity index (χ1n) is 6.46. The highest BCUT2D eigenvalue weighted by Gasteiger charge is 2.33. The first-order valence-corrected chi connectivity index (χ1v) is 6.46. The topological polar surface area (TPSA) is 35.0 Å². The summed E-state index contributed by atoms with van der Waals surface area (Å²) >= 11 is 0. The monoisotopic (exact) mass is 304 g/mol. The van der Waals surface area contributed by atoms with Gasteiger partial charge in [0.1, 0.15) is 5.75 Å². The molecule has 0 radical (unpaired) electrons. The van der Waals surface area contributed by atoms with Crippen LogP contribution in [0.2, 0.25) is 0 Å². The molecule has 0 atom stereocenters. The first kappa shape index (κ1) is 14.3. The van der Waals surface area contributed by atoms with E-state index in [1.807, 2.05) is 0 Å². The van der Waals surface area contributed by atoms with Crippen LogP contribution in [-0.2, 0) is 6.18 Å². The number of pyridine rings is 2. The lowest BCUT2D eigenvalue weighted by Crippen LogP contribution is -2.07. The van der Waals surface area contributed by atoms with Crippen molar-refractivity contribution in [3.63, 3.8) is 0 Å². The second-order valence-corrected chi connectivity index (χ2v) is 4.66. The largest absolute Gasteiger partial charge is 0.497 e. The van der Waals surface area contributed by atoms with Gasteiger partial charge in [-0.2, -0.15) is 13.2 Å². The fourth-order valence-electron chi connectivity index (χ4n) is 2.20. The molecule has 0 fully saturated rings. The van der Waals surface area contributed by atoms with Crippen LogP contribution in [-0.4, -0.2) is 17.1 Å². The van der Waals surface area contributed by atoms with Crippen LogP contribution in [0.25, 0.3) is 22.3 Å². The van der Waals surface area contributed by atoms with Gasteiger partial charge in [-0.1, -0.05) is 0 Å². The molecule has 0 bridgehead atoms. The summed E-state index contributed by atoms with van der Waals surface area (Å²) in [5.74, 6) is 0.624. The SMILES string of the molecule is COc1ccc(-c2cc(C(F)(F)F)c3cccnc3n2)cc1. The third kappa shape index (κ3) is 2.59. The number of benzene rings is 1. The van der Waals surface area contributed by atoms with E-state index in [0.717, 1.165) is 6.07 Å². The van der Waals surface area contributed by atoms with Crippen LogP contribution in [0.3, 0.4) is 0 Å². The number of hydrogen-bond acceptors (Lipinski definition) is 3. The van der Waals surface area contributed by atoms with Crippen molar-refractivity contribution in [2.24, 2.45) is 0 Å². The van der Waals surface area contributed by atoms with Gasteiger partial charge in [-0.05, 0) is 42.5 Å². The van der Waals surface area contributed by atoms with Gasteiger partial charge in [-0.3, -0.25) is 0 Å². The molecule has 22 heavy (non-hydrogen) atoms. The zero-order chi connectivity index (χ0) is 15.7. The van der Waals surface area contributed by atoms with Crippen molar-refractivity contribution < 1.29 is 17.9 Å². The predicted octanol–water partition coefficient (Wildman–Crippen LogP) is 4.32. The maximum absolute atomic E-state index is 13.3. The number of alkyl halides is 3. The van der Waals surface area contributed by atoms with E-state index in [4.69, 9.17) is 4.74 Å². The van der Waals surface area contributed by atoms with Crippen LogP contribution in [0.1, 0.15) is 5.56 Å². The molecule has 0 saturated heterocycles. The Morgan fingerprint density at radius 2 is 1.77 bits per heavy atom. The number of hydrogen-bond donors (Lipinski definition) is 0. The Morgan fingerprint density at radius 3 is 2.41 bits per heavy atom. The summed E-state index contributed by atoms with van der Waals surface area (Å²) in [6.07, 6.45) is -3.04. The van der Waals surface area contributed by atoms with Crippen LogP contribution < -0.4 is 4.74 Å². The van der Waals surface area contributed by atoms with Crippen LogP contribution in [0.4, 0.5) is 13.2 Å². The molecular weight excluding hydrogens is 293 g/mol. The van der Waals surface area contributed by atoms with Crippen LogP contribution >= 0.6 is 0 Å². The normalized spacial score (nSPS) is 11.6. The highest BCUT2D eigenvalue weighted by atomic mass is 19.4. The molecule has 0 saturated carbocycles. The maximum atomic E-state index is 13.3. The van der Waals surface area contributed by atoms with Gasteiger partial charge in [0, 0.05) is 17.1 Å². The summed E-state index contributed by atoms with van der Waals surface area (Å²) in [5, 5.41) is -0.00717. The smallest absolute Gasteiger partial charge is 0.417 e. The highest BCUT2D eigenvalue weighted by Crippen LogP contribution is 2.36. The number of fused-ring (bicyclic) bond motifs is 1. The molecule has 3 rings (SSSR count). The molecule has 0 unspecified atom stereocenters. The van der Waals surface area contributed by atoms with Gasteiger partial charge in [0.2, 0.25) is 0 Å². The molecule has 0 N–H and O–H groups in total. The molecule has 0 aliphatic rings. The van der Waals surface area contributed by atoms with Gasteiger partial charge in [-0.15, -0.1) is 0 Å². The Labute approximate surface area is 124 Å². The number of methoxy groups -OCH3 is 1. The van der Waals surface area contributed by atoms with E-state index in [9.17, 15) is 13.2 Å². The van der Waals surface area contributed by atoms with Gasteiger partial charge in [0.05, 0.1) is 18.4 Å². The highest BCUT2D eigenvalue weighted by molar-refractivity contribution is 5.82. The number of rotatable bonds is 2. The molecule has 0 aliphatic heterocycles. The third-order valence-corrected chi connectivity index (χ3v) is 3.28. The molecule has 6 heteroatoms. The molecule has 3 aromatic rings. The lowest BCUT2D eigenvalue weighted by atomic mass is 10.1. The molecule has 0 aliphatic carbocycles. The standard InChI is InChI=1S/C16H11F3N2O/c1-22-11-6-4-10(5-7-11)14-9-13(16(17,18)19)12-3-2-8-20-15(12)21-14/h2-9H,1H3. The minimum atomic E-state index is -4.47. The summed E-state index contributed by atoms with van der Waals surface area (Å²) in [6.45, 7) is 0. The number of nitrogens with zero attached hydrogens (tertiary/aromatic N) is 2. The molecule has 0 spiro atoms. The summed E-state index contributed by atoms with van der Waals surface area (Å²) in [4.78, 5) is 8.16. The zero-order valence-electron chi connectivity index (χ0n) is 11.6. The van der Waals surface area contributed by atoms with Crippen LogP contribution in [0.5, 0.6) is 5.75 Å². The van der Waals surface area contributed by atoms with E-state index in [2.05, 4.69) is 9.97 Å². The van der Waals surface area contributed by atoms with E-state index in [1.54, 1.807) is 24.3 Å². The van der Waals surface area contributed by atoms with Crippen LogP contribution in [0.15, 0.2) is 48.7 Å². The third-order valence-electron chi connectivity index (χ3n) is 3.28. The van der Waals surface area contributed by atoms with Gasteiger partial charge >= 0.3 is 6.18 Å². The number of halogens is 3. The van der Waals surface area contributed by atoms with Gasteiger partial charge in [0.25, 0.3) is 0 Å². The van der Waals surface area contributed by atoms with E-state index >= 15 is 0 Å². The van der Waals surface area contributed by atoms with E-state index in [1.165, 1.54) is 25.4 Å². The second kappa shape index (κ2) is 5.29. The Balaban J connectivity index is 2.22. The summed E-state index contributed by atoms with van der Waals surface area (Å²) < 4.78 is 44.8. The Kier molecular flexibility index (Phi) is 3.44. The molecule has 1 aromatic carbocycles. The number of aromatic nitrogens is 2.